The number of nitrogens with one attached hydrogen (secondary N) is 1. The molecule has 138 valence electrons. The number of carbonyl (C=O) groups excluding carboxylic acids is 2. The van der Waals surface area contributed by atoms with E-state index in [9.17, 15) is 9.59 Å². The first-order valence-corrected chi connectivity index (χ1v) is 8.85. The van der Waals surface area contributed by atoms with Crippen LogP contribution in [0.2, 0.25) is 0 Å². The summed E-state index contributed by atoms with van der Waals surface area (Å²) in [6, 6.07) is 6.51. The van der Waals surface area contributed by atoms with Gasteiger partial charge in [-0.1, -0.05) is 26.0 Å². The van der Waals surface area contributed by atoms with Crippen LogP contribution in [0.5, 0.6) is 5.75 Å². The molecule has 0 aromatic heterocycles. The van der Waals surface area contributed by atoms with Gasteiger partial charge in [0.25, 0.3) is 5.91 Å². The Kier molecular flexibility index (Phi) is 6.82. The van der Waals surface area contributed by atoms with Crippen molar-refractivity contribution in [2.24, 2.45) is 5.92 Å². The van der Waals surface area contributed by atoms with E-state index in [-0.39, 0.29) is 17.7 Å². The standard InChI is InChI=1S/C19H29N3O3/c1-14(2)17(19(24)22-11-7-10-21(3)12-13-22)20-18(23)15-8-5-6-9-16(15)25-4/h5-6,8-9,14,17H,7,10-13H2,1-4H3,(H,20,23). The first-order valence-electron chi connectivity index (χ1n) is 8.85. The van der Waals surface area contributed by atoms with Gasteiger partial charge in [0.15, 0.2) is 0 Å². The van der Waals surface area contributed by atoms with E-state index in [1.54, 1.807) is 18.2 Å². The Morgan fingerprint density at radius 1 is 1.12 bits per heavy atom. The van der Waals surface area contributed by atoms with Gasteiger partial charge in [-0.05, 0) is 38.1 Å². The summed E-state index contributed by atoms with van der Waals surface area (Å²) in [7, 11) is 3.60. The molecular weight excluding hydrogens is 318 g/mol. The molecule has 6 nitrogen and oxygen atoms in total. The van der Waals surface area contributed by atoms with Crippen molar-refractivity contribution in [1.29, 1.82) is 0 Å². The van der Waals surface area contributed by atoms with Gasteiger partial charge in [0.05, 0.1) is 12.7 Å². The molecule has 1 heterocycles. The smallest absolute Gasteiger partial charge is 0.255 e. The van der Waals surface area contributed by atoms with Crippen LogP contribution < -0.4 is 10.1 Å². The minimum absolute atomic E-state index is 0.00597. The first kappa shape index (κ1) is 19.2. The number of benzene rings is 1. The molecule has 0 radical (unpaired) electrons. The summed E-state index contributed by atoms with van der Waals surface area (Å²) in [5, 5.41) is 2.91. The van der Waals surface area contributed by atoms with E-state index in [2.05, 4.69) is 17.3 Å². The number of methoxy groups -OCH3 is 1. The molecule has 1 aliphatic heterocycles. The van der Waals surface area contributed by atoms with Crippen molar-refractivity contribution in [3.05, 3.63) is 29.8 Å². The Balaban J connectivity index is 2.12. The van der Waals surface area contributed by atoms with Crippen LogP contribution in [0, 0.1) is 5.92 Å². The lowest BCUT2D eigenvalue weighted by Crippen LogP contribution is -2.52. The predicted octanol–water partition coefficient (Wildman–Crippen LogP) is 1.61. The Labute approximate surface area is 150 Å². The molecule has 0 aliphatic carbocycles. The lowest BCUT2D eigenvalue weighted by molar-refractivity contribution is -0.134. The largest absolute Gasteiger partial charge is 0.496 e. The third kappa shape index (κ3) is 4.95. The van der Waals surface area contributed by atoms with Crippen LogP contribution >= 0.6 is 0 Å². The van der Waals surface area contributed by atoms with Gasteiger partial charge in [-0.15, -0.1) is 0 Å². The average molecular weight is 347 g/mol. The minimum atomic E-state index is -0.541. The van der Waals surface area contributed by atoms with Crippen LogP contribution in [-0.2, 0) is 4.79 Å². The second-order valence-corrected chi connectivity index (χ2v) is 6.88. The number of carbonyl (C=O) groups is 2. The molecule has 1 fully saturated rings. The fourth-order valence-corrected chi connectivity index (χ4v) is 3.03. The molecule has 1 aliphatic rings. The summed E-state index contributed by atoms with van der Waals surface area (Å²) in [5.41, 5.74) is 0.444. The predicted molar refractivity (Wildman–Crippen MR) is 97.8 cm³/mol. The molecule has 2 amide bonds. The monoisotopic (exact) mass is 347 g/mol. The van der Waals surface area contributed by atoms with Gasteiger partial charge in [0.2, 0.25) is 5.91 Å². The molecule has 25 heavy (non-hydrogen) atoms. The van der Waals surface area contributed by atoms with E-state index < -0.39 is 6.04 Å². The fraction of sp³-hybridized carbons (Fsp3) is 0.579. The lowest BCUT2D eigenvalue weighted by atomic mass is 10.0. The number of hydrogen-bond donors (Lipinski definition) is 1. The molecule has 0 spiro atoms. The minimum Gasteiger partial charge on any atom is -0.496 e. The Morgan fingerprint density at radius 3 is 2.52 bits per heavy atom. The van der Waals surface area contributed by atoms with Crippen LogP contribution in [-0.4, -0.2) is 68.0 Å². The SMILES string of the molecule is COc1ccccc1C(=O)NC(C(=O)N1CCCN(C)CC1)C(C)C. The zero-order valence-electron chi connectivity index (χ0n) is 15.6. The highest BCUT2D eigenvalue weighted by molar-refractivity contribution is 5.99. The maximum Gasteiger partial charge on any atom is 0.255 e. The van der Waals surface area contributed by atoms with Crippen molar-refractivity contribution in [2.75, 3.05) is 40.3 Å². The third-order valence-corrected chi connectivity index (χ3v) is 4.60. The quantitative estimate of drug-likeness (QED) is 0.879. The summed E-state index contributed by atoms with van der Waals surface area (Å²) in [6.07, 6.45) is 0.952. The molecule has 6 heteroatoms. The van der Waals surface area contributed by atoms with Crippen LogP contribution in [0.25, 0.3) is 0 Å². The van der Waals surface area contributed by atoms with Gasteiger partial charge in [-0.2, -0.15) is 0 Å². The van der Waals surface area contributed by atoms with Gasteiger partial charge < -0.3 is 19.9 Å². The molecule has 1 aromatic rings. The molecule has 1 atom stereocenters. The number of rotatable bonds is 5. The summed E-state index contributed by atoms with van der Waals surface area (Å²) >= 11 is 0. The van der Waals surface area contributed by atoms with Crippen LogP contribution in [0.3, 0.4) is 0 Å². The second-order valence-electron chi connectivity index (χ2n) is 6.88. The van der Waals surface area contributed by atoms with Gasteiger partial charge in [-0.25, -0.2) is 0 Å². The van der Waals surface area contributed by atoms with Crippen LogP contribution in [0.4, 0.5) is 0 Å². The fourth-order valence-electron chi connectivity index (χ4n) is 3.03. The van der Waals surface area contributed by atoms with Crippen molar-refractivity contribution in [1.82, 2.24) is 15.1 Å². The van der Waals surface area contributed by atoms with Gasteiger partial charge in [0, 0.05) is 19.6 Å². The van der Waals surface area contributed by atoms with E-state index in [4.69, 9.17) is 4.74 Å². The number of likely N-dealkylation sites (N-methyl/N-ethyl adjacent to an activating group) is 1. The van der Waals surface area contributed by atoms with E-state index in [0.29, 0.717) is 17.9 Å². The maximum absolute atomic E-state index is 13.0. The normalized spacial score (nSPS) is 17.1. The van der Waals surface area contributed by atoms with Gasteiger partial charge >= 0.3 is 0 Å². The number of ether oxygens (including phenoxy) is 1. The molecule has 1 N–H and O–H groups in total. The van der Waals surface area contributed by atoms with Crippen molar-refractivity contribution in [3.63, 3.8) is 0 Å². The van der Waals surface area contributed by atoms with Gasteiger partial charge in [0.1, 0.15) is 11.8 Å². The first-order chi connectivity index (χ1) is 11.9. The molecule has 1 saturated heterocycles. The molecule has 1 unspecified atom stereocenters. The second kappa shape index (κ2) is 8.85. The van der Waals surface area contributed by atoms with Crippen molar-refractivity contribution in [2.45, 2.75) is 26.3 Å². The average Bonchev–Trinajstić information content (AvgIpc) is 2.83. The third-order valence-electron chi connectivity index (χ3n) is 4.60. The molecule has 0 bridgehead atoms. The van der Waals surface area contributed by atoms with E-state index >= 15 is 0 Å². The number of hydrogen-bond acceptors (Lipinski definition) is 4. The summed E-state index contributed by atoms with van der Waals surface area (Å²) in [6.45, 7) is 7.19. The topological polar surface area (TPSA) is 61.9 Å². The summed E-state index contributed by atoms with van der Waals surface area (Å²) in [5.74, 6) is 0.225. The highest BCUT2D eigenvalue weighted by Crippen LogP contribution is 2.18. The van der Waals surface area contributed by atoms with E-state index in [0.717, 1.165) is 26.1 Å². The van der Waals surface area contributed by atoms with Gasteiger partial charge in [-0.3, -0.25) is 9.59 Å². The highest BCUT2D eigenvalue weighted by Gasteiger charge is 2.30. The summed E-state index contributed by atoms with van der Waals surface area (Å²) in [4.78, 5) is 29.8. The van der Waals surface area contributed by atoms with Crippen molar-refractivity contribution >= 4 is 11.8 Å². The van der Waals surface area contributed by atoms with E-state index in [1.165, 1.54) is 7.11 Å². The van der Waals surface area contributed by atoms with Crippen LogP contribution in [0.15, 0.2) is 24.3 Å². The van der Waals surface area contributed by atoms with E-state index in [1.807, 2.05) is 24.8 Å². The molecule has 2 rings (SSSR count). The molecular formula is C19H29N3O3. The van der Waals surface area contributed by atoms with Crippen LogP contribution in [0.1, 0.15) is 30.6 Å². The maximum atomic E-state index is 13.0. The lowest BCUT2D eigenvalue weighted by Gasteiger charge is -2.29. The molecule has 0 saturated carbocycles. The Hall–Kier alpha value is -2.08. The Bertz CT molecular complexity index is 603. The zero-order valence-corrected chi connectivity index (χ0v) is 15.6. The number of para-hydroxylation sites is 1. The highest BCUT2D eigenvalue weighted by atomic mass is 16.5. The zero-order chi connectivity index (χ0) is 18.4. The number of nitrogens with zero attached hydrogens (tertiary/aromatic N) is 2. The Morgan fingerprint density at radius 2 is 1.84 bits per heavy atom. The van der Waals surface area contributed by atoms with Crippen molar-refractivity contribution < 1.29 is 14.3 Å². The van der Waals surface area contributed by atoms with Crippen molar-refractivity contribution in [3.8, 4) is 5.75 Å². The summed E-state index contributed by atoms with van der Waals surface area (Å²) < 4.78 is 5.25. The molecule has 1 aromatic carbocycles. The number of amides is 2.